The van der Waals surface area contributed by atoms with Gasteiger partial charge in [-0.05, 0) is 59.1 Å². The minimum atomic E-state index is 0.651. The first-order valence-corrected chi connectivity index (χ1v) is 7.03. The van der Waals surface area contributed by atoms with Crippen LogP contribution in [0.1, 0.15) is 0 Å². The van der Waals surface area contributed by atoms with Crippen LogP contribution < -0.4 is 0 Å². The van der Waals surface area contributed by atoms with Crippen LogP contribution in [0.2, 0.25) is 5.02 Å². The summed E-state index contributed by atoms with van der Waals surface area (Å²) in [5.41, 5.74) is 2.95. The van der Waals surface area contributed by atoms with Gasteiger partial charge in [0.15, 0.2) is 4.77 Å². The molecular weight excluding hydrogens is 381 g/mol. The van der Waals surface area contributed by atoms with Crippen LogP contribution in [0.3, 0.4) is 0 Å². The lowest BCUT2D eigenvalue weighted by molar-refractivity contribution is 1.06. The number of aromatic amines is 1. The first-order chi connectivity index (χ1) is 8.66. The summed E-state index contributed by atoms with van der Waals surface area (Å²) in [4.78, 5) is 7.23. The predicted molar refractivity (Wildman–Crippen MR) is 84.0 cm³/mol. The molecule has 2 heterocycles. The monoisotopic (exact) mass is 387 g/mol. The molecule has 0 saturated heterocycles. The van der Waals surface area contributed by atoms with Gasteiger partial charge in [0.1, 0.15) is 0 Å². The standard InChI is InChI=1S/C12H7ClIN3S/c13-7-1-2-10(8(14)5-7)17-11-3-4-15-6-9(11)16-12(17)18/h1-6H,(H,16,18). The summed E-state index contributed by atoms with van der Waals surface area (Å²) in [6.07, 6.45) is 3.52. The van der Waals surface area contributed by atoms with Gasteiger partial charge in [0.05, 0.1) is 22.9 Å². The first-order valence-electron chi connectivity index (χ1n) is 5.17. The summed E-state index contributed by atoms with van der Waals surface area (Å²) in [5, 5.41) is 0.719. The summed E-state index contributed by atoms with van der Waals surface area (Å²) in [6, 6.07) is 7.68. The maximum atomic E-state index is 5.98. The molecule has 0 atom stereocenters. The number of halogens is 2. The van der Waals surface area contributed by atoms with E-state index in [1.54, 1.807) is 12.4 Å². The first kappa shape index (κ1) is 12.1. The Hall–Kier alpha value is -0.920. The van der Waals surface area contributed by atoms with E-state index in [1.807, 2.05) is 28.8 Å². The van der Waals surface area contributed by atoms with Crippen molar-refractivity contribution in [2.24, 2.45) is 0 Å². The van der Waals surface area contributed by atoms with Gasteiger partial charge in [-0.25, -0.2) is 0 Å². The fourth-order valence-corrected chi connectivity index (χ4v) is 3.28. The quantitative estimate of drug-likeness (QED) is 0.498. The van der Waals surface area contributed by atoms with E-state index < -0.39 is 0 Å². The van der Waals surface area contributed by atoms with Crippen molar-refractivity contribution >= 4 is 57.4 Å². The Kier molecular flexibility index (Phi) is 3.13. The molecule has 0 spiro atoms. The van der Waals surface area contributed by atoms with Gasteiger partial charge in [-0.15, -0.1) is 0 Å². The molecule has 0 unspecified atom stereocenters. The van der Waals surface area contributed by atoms with Crippen LogP contribution in [0.25, 0.3) is 16.7 Å². The average Bonchev–Trinajstić information content (AvgIpc) is 2.66. The zero-order valence-corrected chi connectivity index (χ0v) is 12.8. The van der Waals surface area contributed by atoms with Crippen molar-refractivity contribution < 1.29 is 0 Å². The van der Waals surface area contributed by atoms with Crippen LogP contribution in [-0.4, -0.2) is 14.5 Å². The highest BCUT2D eigenvalue weighted by atomic mass is 127. The number of pyridine rings is 1. The number of rotatable bonds is 1. The largest absolute Gasteiger partial charge is 0.329 e. The molecule has 3 aromatic rings. The van der Waals surface area contributed by atoms with Gasteiger partial charge in [-0.1, -0.05) is 11.6 Å². The maximum Gasteiger partial charge on any atom is 0.182 e. The molecule has 1 aromatic carbocycles. The predicted octanol–water partition coefficient (Wildman–Crippen LogP) is 4.34. The van der Waals surface area contributed by atoms with Crippen LogP contribution in [0.4, 0.5) is 0 Å². The third kappa shape index (κ3) is 1.96. The van der Waals surface area contributed by atoms with Crippen LogP contribution >= 0.6 is 46.4 Å². The molecule has 0 amide bonds. The molecule has 0 radical (unpaired) electrons. The third-order valence-corrected chi connectivity index (χ3v) is 4.02. The highest BCUT2D eigenvalue weighted by Gasteiger charge is 2.09. The highest BCUT2D eigenvalue weighted by molar-refractivity contribution is 14.1. The lowest BCUT2D eigenvalue weighted by Crippen LogP contribution is -1.96. The molecule has 0 aliphatic carbocycles. The van der Waals surface area contributed by atoms with E-state index in [0.717, 1.165) is 25.3 Å². The van der Waals surface area contributed by atoms with Crippen molar-refractivity contribution in [3.05, 3.63) is 50.0 Å². The van der Waals surface area contributed by atoms with Crippen LogP contribution in [0.5, 0.6) is 0 Å². The van der Waals surface area contributed by atoms with Gasteiger partial charge < -0.3 is 4.98 Å². The second-order valence-corrected chi connectivity index (χ2v) is 5.74. The molecule has 0 fully saturated rings. The van der Waals surface area contributed by atoms with E-state index in [1.165, 1.54) is 0 Å². The molecule has 18 heavy (non-hydrogen) atoms. The summed E-state index contributed by atoms with van der Waals surface area (Å²) in [6.45, 7) is 0. The summed E-state index contributed by atoms with van der Waals surface area (Å²) in [7, 11) is 0. The summed E-state index contributed by atoms with van der Waals surface area (Å²) < 4.78 is 3.69. The van der Waals surface area contributed by atoms with Crippen LogP contribution in [0.15, 0.2) is 36.7 Å². The van der Waals surface area contributed by atoms with Gasteiger partial charge in [-0.3, -0.25) is 9.55 Å². The van der Waals surface area contributed by atoms with Crippen molar-refractivity contribution in [1.29, 1.82) is 0 Å². The average molecular weight is 388 g/mol. The SMILES string of the molecule is S=c1[nH]c2cnccc2n1-c1ccc(Cl)cc1I. The second kappa shape index (κ2) is 4.64. The lowest BCUT2D eigenvalue weighted by atomic mass is 10.3. The second-order valence-electron chi connectivity index (χ2n) is 3.75. The number of benzene rings is 1. The Bertz CT molecular complexity index is 793. The fourth-order valence-electron chi connectivity index (χ4n) is 1.86. The molecule has 1 N–H and O–H groups in total. The minimum Gasteiger partial charge on any atom is -0.329 e. The van der Waals surface area contributed by atoms with Gasteiger partial charge in [-0.2, -0.15) is 0 Å². The van der Waals surface area contributed by atoms with Crippen molar-refractivity contribution in [2.75, 3.05) is 0 Å². The van der Waals surface area contributed by atoms with E-state index in [0.29, 0.717) is 4.77 Å². The number of fused-ring (bicyclic) bond motifs is 1. The van der Waals surface area contributed by atoms with E-state index in [2.05, 4.69) is 32.6 Å². The van der Waals surface area contributed by atoms with E-state index in [-0.39, 0.29) is 0 Å². The van der Waals surface area contributed by atoms with Gasteiger partial charge in [0, 0.05) is 14.8 Å². The number of nitrogens with zero attached hydrogens (tertiary/aromatic N) is 2. The van der Waals surface area contributed by atoms with Crippen molar-refractivity contribution in [2.45, 2.75) is 0 Å². The number of aromatic nitrogens is 3. The van der Waals surface area contributed by atoms with E-state index >= 15 is 0 Å². The highest BCUT2D eigenvalue weighted by Crippen LogP contribution is 2.25. The molecule has 6 heteroatoms. The normalized spacial score (nSPS) is 11.0. The molecular formula is C12H7ClIN3S. The zero-order valence-electron chi connectivity index (χ0n) is 9.02. The number of hydrogen-bond acceptors (Lipinski definition) is 2. The summed E-state index contributed by atoms with van der Waals surface area (Å²) in [5.74, 6) is 0. The zero-order chi connectivity index (χ0) is 12.7. The molecule has 0 bridgehead atoms. The molecule has 90 valence electrons. The van der Waals surface area contributed by atoms with Gasteiger partial charge in [0.25, 0.3) is 0 Å². The molecule has 2 aromatic heterocycles. The third-order valence-electron chi connectivity index (χ3n) is 2.63. The Labute approximate surface area is 127 Å². The van der Waals surface area contributed by atoms with Crippen molar-refractivity contribution in [1.82, 2.24) is 14.5 Å². The minimum absolute atomic E-state index is 0.651. The smallest absolute Gasteiger partial charge is 0.182 e. The molecule has 0 aliphatic rings. The Morgan fingerprint density at radius 1 is 1.33 bits per heavy atom. The summed E-state index contributed by atoms with van der Waals surface area (Å²) >= 11 is 13.6. The van der Waals surface area contributed by atoms with Gasteiger partial charge >= 0.3 is 0 Å². The molecule has 3 rings (SSSR count). The molecule has 0 saturated carbocycles. The number of hydrogen-bond donors (Lipinski definition) is 1. The van der Waals surface area contributed by atoms with E-state index in [4.69, 9.17) is 23.8 Å². The Morgan fingerprint density at radius 2 is 2.17 bits per heavy atom. The number of H-pyrrole nitrogens is 1. The van der Waals surface area contributed by atoms with Crippen LogP contribution in [-0.2, 0) is 0 Å². The maximum absolute atomic E-state index is 5.98. The number of nitrogens with one attached hydrogen (secondary N) is 1. The molecule has 0 aliphatic heterocycles. The van der Waals surface area contributed by atoms with E-state index in [9.17, 15) is 0 Å². The Balaban J connectivity index is 2.38. The van der Waals surface area contributed by atoms with Crippen LogP contribution in [0, 0.1) is 8.34 Å². The fraction of sp³-hybridized carbons (Fsp3) is 0. The Morgan fingerprint density at radius 3 is 2.94 bits per heavy atom. The lowest BCUT2D eigenvalue weighted by Gasteiger charge is -2.07. The van der Waals surface area contributed by atoms with Gasteiger partial charge in [0.2, 0.25) is 0 Å². The van der Waals surface area contributed by atoms with Crippen molar-refractivity contribution in [3.8, 4) is 5.69 Å². The molecule has 3 nitrogen and oxygen atoms in total. The topological polar surface area (TPSA) is 33.6 Å². The number of imidazole rings is 1. The van der Waals surface area contributed by atoms with Crippen molar-refractivity contribution in [3.63, 3.8) is 0 Å².